The monoisotopic (exact) mass is 267 g/mol. The molecule has 0 unspecified atom stereocenters. The zero-order valence-corrected chi connectivity index (χ0v) is 11.1. The van der Waals surface area contributed by atoms with E-state index in [0.29, 0.717) is 18.2 Å². The van der Waals surface area contributed by atoms with E-state index in [0.717, 1.165) is 22.4 Å². The van der Waals surface area contributed by atoms with Crippen molar-refractivity contribution in [3.63, 3.8) is 0 Å². The number of rotatable bonds is 4. The lowest BCUT2D eigenvalue weighted by atomic mass is 10.0. The van der Waals surface area contributed by atoms with Gasteiger partial charge in [-0.3, -0.25) is 0 Å². The number of nitrogens with two attached hydrogens (primary N) is 1. The molecule has 0 atom stereocenters. The van der Waals surface area contributed by atoms with Crippen LogP contribution in [0.25, 0.3) is 11.1 Å². The SMILES string of the molecule is CCOc1ccc(-c2cscc2CN)cc1Cl. The van der Waals surface area contributed by atoms with Crippen molar-refractivity contribution >= 4 is 22.9 Å². The summed E-state index contributed by atoms with van der Waals surface area (Å²) in [4.78, 5) is 0. The predicted molar refractivity (Wildman–Crippen MR) is 73.8 cm³/mol. The molecule has 4 heteroatoms. The van der Waals surface area contributed by atoms with Crippen LogP contribution < -0.4 is 10.5 Å². The van der Waals surface area contributed by atoms with Crippen LogP contribution >= 0.6 is 22.9 Å². The number of hydrogen-bond acceptors (Lipinski definition) is 3. The Hall–Kier alpha value is -1.03. The van der Waals surface area contributed by atoms with Crippen LogP contribution in [0.5, 0.6) is 5.75 Å². The molecule has 0 aliphatic heterocycles. The first kappa shape index (κ1) is 12.4. The van der Waals surface area contributed by atoms with Crippen LogP contribution in [0.1, 0.15) is 12.5 Å². The summed E-state index contributed by atoms with van der Waals surface area (Å²) in [7, 11) is 0. The first-order valence-electron chi connectivity index (χ1n) is 5.44. The van der Waals surface area contributed by atoms with Crippen LogP contribution in [0.15, 0.2) is 29.0 Å². The van der Waals surface area contributed by atoms with Gasteiger partial charge in [-0.25, -0.2) is 0 Å². The second-order valence-electron chi connectivity index (χ2n) is 3.59. The smallest absolute Gasteiger partial charge is 0.137 e. The molecule has 1 heterocycles. The van der Waals surface area contributed by atoms with E-state index in [1.807, 2.05) is 25.1 Å². The standard InChI is InChI=1S/C13H14ClNOS/c1-2-16-13-4-3-9(5-12(13)14)11-8-17-7-10(11)6-15/h3-5,7-8H,2,6,15H2,1H3. The number of halogens is 1. The Balaban J connectivity index is 2.37. The first-order chi connectivity index (χ1) is 8.26. The quantitative estimate of drug-likeness (QED) is 0.911. The third-order valence-corrected chi connectivity index (χ3v) is 3.59. The Kier molecular flexibility index (Phi) is 4.05. The summed E-state index contributed by atoms with van der Waals surface area (Å²) in [6.07, 6.45) is 0. The van der Waals surface area contributed by atoms with Crippen LogP contribution in [0.4, 0.5) is 0 Å². The minimum atomic E-state index is 0.545. The molecule has 0 fully saturated rings. The van der Waals surface area contributed by atoms with Crippen LogP contribution in [0.2, 0.25) is 5.02 Å². The Morgan fingerprint density at radius 3 is 2.82 bits per heavy atom. The highest BCUT2D eigenvalue weighted by atomic mass is 35.5. The molecular formula is C13H14ClNOS. The van der Waals surface area contributed by atoms with Crippen molar-refractivity contribution < 1.29 is 4.74 Å². The molecule has 1 aromatic carbocycles. The van der Waals surface area contributed by atoms with Gasteiger partial charge in [0.25, 0.3) is 0 Å². The molecule has 2 rings (SSSR count). The van der Waals surface area contributed by atoms with Gasteiger partial charge in [0.1, 0.15) is 5.75 Å². The fraction of sp³-hybridized carbons (Fsp3) is 0.231. The zero-order chi connectivity index (χ0) is 12.3. The van der Waals surface area contributed by atoms with Crippen molar-refractivity contribution in [2.24, 2.45) is 5.73 Å². The van der Waals surface area contributed by atoms with E-state index in [9.17, 15) is 0 Å². The number of benzene rings is 1. The van der Waals surface area contributed by atoms with Crippen molar-refractivity contribution in [3.8, 4) is 16.9 Å². The highest BCUT2D eigenvalue weighted by Gasteiger charge is 2.08. The van der Waals surface area contributed by atoms with Gasteiger partial charge in [-0.15, -0.1) is 0 Å². The van der Waals surface area contributed by atoms with Crippen molar-refractivity contribution in [1.82, 2.24) is 0 Å². The van der Waals surface area contributed by atoms with Gasteiger partial charge in [0, 0.05) is 6.54 Å². The zero-order valence-electron chi connectivity index (χ0n) is 9.57. The van der Waals surface area contributed by atoms with Gasteiger partial charge in [0.15, 0.2) is 0 Å². The van der Waals surface area contributed by atoms with Gasteiger partial charge in [0.2, 0.25) is 0 Å². The molecule has 2 aromatic rings. The average molecular weight is 268 g/mol. The first-order valence-corrected chi connectivity index (χ1v) is 6.76. The number of ether oxygens (including phenoxy) is 1. The molecule has 90 valence electrons. The second-order valence-corrected chi connectivity index (χ2v) is 4.74. The normalized spacial score (nSPS) is 10.5. The fourth-order valence-electron chi connectivity index (χ4n) is 1.68. The summed E-state index contributed by atoms with van der Waals surface area (Å²) in [6, 6.07) is 5.84. The lowest BCUT2D eigenvalue weighted by molar-refractivity contribution is 0.340. The van der Waals surface area contributed by atoms with Crippen molar-refractivity contribution in [1.29, 1.82) is 0 Å². The third kappa shape index (κ3) is 2.63. The van der Waals surface area contributed by atoms with Crippen molar-refractivity contribution in [3.05, 3.63) is 39.5 Å². The number of thiophene rings is 1. The molecule has 0 bridgehead atoms. The number of hydrogen-bond donors (Lipinski definition) is 1. The lowest BCUT2D eigenvalue weighted by Gasteiger charge is -2.08. The Bertz CT molecular complexity index is 510. The van der Waals surface area contributed by atoms with Crippen LogP contribution in [-0.4, -0.2) is 6.61 Å². The molecule has 1 aromatic heterocycles. The van der Waals surface area contributed by atoms with Crippen LogP contribution in [-0.2, 0) is 6.54 Å². The van der Waals surface area contributed by atoms with Gasteiger partial charge < -0.3 is 10.5 Å². The van der Waals surface area contributed by atoms with E-state index in [2.05, 4.69) is 10.8 Å². The second kappa shape index (κ2) is 5.54. The molecule has 0 spiro atoms. The molecule has 2 nitrogen and oxygen atoms in total. The topological polar surface area (TPSA) is 35.2 Å². The van der Waals surface area contributed by atoms with Gasteiger partial charge in [0.05, 0.1) is 11.6 Å². The van der Waals surface area contributed by atoms with Crippen molar-refractivity contribution in [2.45, 2.75) is 13.5 Å². The molecule has 17 heavy (non-hydrogen) atoms. The van der Waals surface area contributed by atoms with E-state index >= 15 is 0 Å². The summed E-state index contributed by atoms with van der Waals surface area (Å²) in [6.45, 7) is 3.10. The van der Waals surface area contributed by atoms with E-state index in [1.165, 1.54) is 0 Å². The van der Waals surface area contributed by atoms with Gasteiger partial charge in [-0.05, 0) is 46.5 Å². The maximum absolute atomic E-state index is 6.17. The highest BCUT2D eigenvalue weighted by Crippen LogP contribution is 2.33. The molecule has 0 aliphatic rings. The lowest BCUT2D eigenvalue weighted by Crippen LogP contribution is -1.96. The van der Waals surface area contributed by atoms with Gasteiger partial charge in [-0.1, -0.05) is 17.7 Å². The van der Waals surface area contributed by atoms with E-state index in [4.69, 9.17) is 22.1 Å². The average Bonchev–Trinajstić information content (AvgIpc) is 2.80. The van der Waals surface area contributed by atoms with Gasteiger partial charge in [-0.2, -0.15) is 11.3 Å². The molecule has 0 saturated carbocycles. The molecular weight excluding hydrogens is 254 g/mol. The van der Waals surface area contributed by atoms with Crippen LogP contribution in [0.3, 0.4) is 0 Å². The Morgan fingerprint density at radius 1 is 1.35 bits per heavy atom. The summed E-state index contributed by atoms with van der Waals surface area (Å²) < 4.78 is 5.41. The van der Waals surface area contributed by atoms with Crippen molar-refractivity contribution in [2.75, 3.05) is 6.61 Å². The maximum Gasteiger partial charge on any atom is 0.137 e. The Morgan fingerprint density at radius 2 is 2.18 bits per heavy atom. The minimum absolute atomic E-state index is 0.545. The largest absolute Gasteiger partial charge is 0.492 e. The molecule has 0 aliphatic carbocycles. The predicted octanol–water partition coefficient (Wildman–Crippen LogP) is 3.93. The third-order valence-electron chi connectivity index (χ3n) is 2.50. The van der Waals surface area contributed by atoms with Crippen LogP contribution in [0, 0.1) is 0 Å². The van der Waals surface area contributed by atoms with E-state index in [-0.39, 0.29) is 0 Å². The minimum Gasteiger partial charge on any atom is -0.492 e. The van der Waals surface area contributed by atoms with E-state index < -0.39 is 0 Å². The summed E-state index contributed by atoms with van der Waals surface area (Å²) in [5.74, 6) is 0.724. The highest BCUT2D eigenvalue weighted by molar-refractivity contribution is 7.08. The Labute approximate surface area is 110 Å². The molecule has 2 N–H and O–H groups in total. The molecule has 0 radical (unpaired) electrons. The fourth-order valence-corrected chi connectivity index (χ4v) is 2.79. The van der Waals surface area contributed by atoms with E-state index in [1.54, 1.807) is 11.3 Å². The summed E-state index contributed by atoms with van der Waals surface area (Å²) in [5, 5.41) is 4.80. The molecule has 0 saturated heterocycles. The molecule has 0 amide bonds. The van der Waals surface area contributed by atoms with Gasteiger partial charge >= 0.3 is 0 Å². The maximum atomic E-state index is 6.17. The summed E-state index contributed by atoms with van der Waals surface area (Å²) >= 11 is 7.82. The summed E-state index contributed by atoms with van der Waals surface area (Å²) in [5.41, 5.74) is 9.08.